The first-order valence-corrected chi connectivity index (χ1v) is 11.8. The average molecular weight is 455 g/mol. The molecule has 2 aliphatic heterocycles. The summed E-state index contributed by atoms with van der Waals surface area (Å²) in [6.07, 6.45) is 4.72. The summed E-state index contributed by atoms with van der Waals surface area (Å²) < 4.78 is 26.3. The summed E-state index contributed by atoms with van der Waals surface area (Å²) >= 11 is 0. The van der Waals surface area contributed by atoms with Crippen molar-refractivity contribution in [3.05, 3.63) is 52.8 Å². The number of likely N-dealkylation sites (tertiary alicyclic amines) is 1. The fourth-order valence-electron chi connectivity index (χ4n) is 4.60. The molecule has 0 aromatic heterocycles. The predicted molar refractivity (Wildman–Crippen MR) is 125 cm³/mol. The Kier molecular flexibility index (Phi) is 7.16. The number of amides is 2. The Morgan fingerprint density at radius 2 is 1.76 bits per heavy atom. The summed E-state index contributed by atoms with van der Waals surface area (Å²) in [5.74, 6) is 0.110. The molecule has 2 heterocycles. The first kappa shape index (κ1) is 23.1. The van der Waals surface area contributed by atoms with Gasteiger partial charge >= 0.3 is 0 Å². The second kappa shape index (κ2) is 10.2. The third-order valence-electron chi connectivity index (χ3n) is 6.18. The van der Waals surface area contributed by atoms with Crippen LogP contribution < -0.4 is 14.4 Å². The third-order valence-corrected chi connectivity index (χ3v) is 6.18. The van der Waals surface area contributed by atoms with Crippen LogP contribution in [-0.2, 0) is 11.2 Å². The summed E-state index contributed by atoms with van der Waals surface area (Å²) in [5, 5.41) is 0. The number of hydrogen-bond donors (Lipinski definition) is 0. The lowest BCUT2D eigenvalue weighted by Gasteiger charge is -2.30. The Hall–Kier alpha value is -3.09. The maximum atomic E-state index is 14.8. The van der Waals surface area contributed by atoms with E-state index in [1.54, 1.807) is 18.2 Å². The zero-order chi connectivity index (χ0) is 23.4. The van der Waals surface area contributed by atoms with Gasteiger partial charge < -0.3 is 19.3 Å². The number of halogens is 1. The van der Waals surface area contributed by atoms with E-state index < -0.39 is 0 Å². The number of piperidine rings is 1. The van der Waals surface area contributed by atoms with Gasteiger partial charge in [-0.2, -0.15) is 0 Å². The third kappa shape index (κ3) is 5.13. The minimum absolute atomic E-state index is 0.0482. The van der Waals surface area contributed by atoms with E-state index in [4.69, 9.17) is 9.47 Å². The lowest BCUT2D eigenvalue weighted by Crippen LogP contribution is -2.38. The van der Waals surface area contributed by atoms with Gasteiger partial charge in [-0.05, 0) is 81.3 Å². The van der Waals surface area contributed by atoms with Crippen LogP contribution in [0.1, 0.15) is 54.1 Å². The minimum Gasteiger partial charge on any atom is -0.490 e. The molecule has 176 valence electrons. The Morgan fingerprint density at radius 3 is 2.52 bits per heavy atom. The van der Waals surface area contributed by atoms with Crippen molar-refractivity contribution < 1.29 is 23.5 Å². The topological polar surface area (TPSA) is 59.1 Å². The molecule has 0 atom stereocenters. The van der Waals surface area contributed by atoms with Crippen LogP contribution >= 0.6 is 0 Å². The highest BCUT2D eigenvalue weighted by Crippen LogP contribution is 2.34. The summed E-state index contributed by atoms with van der Waals surface area (Å²) in [6.45, 7) is 6.00. The molecular weight excluding hydrogens is 423 g/mol. The Bertz CT molecular complexity index is 1030. The molecule has 1 saturated heterocycles. The first-order valence-electron chi connectivity index (χ1n) is 11.8. The van der Waals surface area contributed by atoms with E-state index in [1.807, 2.05) is 24.8 Å². The van der Waals surface area contributed by atoms with E-state index in [2.05, 4.69) is 0 Å². The number of carbonyl (C=O) groups excluding carboxylic acids is 2. The number of ether oxygens (including phenoxy) is 2. The van der Waals surface area contributed by atoms with Gasteiger partial charge in [0.1, 0.15) is 5.82 Å². The second-order valence-corrected chi connectivity index (χ2v) is 8.64. The van der Waals surface area contributed by atoms with E-state index in [1.165, 1.54) is 11.0 Å². The number of nitrogens with zero attached hydrogens (tertiary/aromatic N) is 2. The smallest absolute Gasteiger partial charge is 0.260 e. The highest BCUT2D eigenvalue weighted by molar-refractivity contribution is 6.07. The van der Waals surface area contributed by atoms with Gasteiger partial charge in [-0.15, -0.1) is 0 Å². The molecule has 6 nitrogen and oxygen atoms in total. The quantitative estimate of drug-likeness (QED) is 0.644. The van der Waals surface area contributed by atoms with Gasteiger partial charge in [0.2, 0.25) is 0 Å². The molecular formula is C26H31FN2O4. The van der Waals surface area contributed by atoms with Gasteiger partial charge in [-0.25, -0.2) is 4.39 Å². The number of hydrogen-bond acceptors (Lipinski definition) is 4. The highest BCUT2D eigenvalue weighted by Gasteiger charge is 2.28. The lowest BCUT2D eigenvalue weighted by molar-refractivity contribution is -0.134. The van der Waals surface area contributed by atoms with Crippen LogP contribution in [0.3, 0.4) is 0 Å². The van der Waals surface area contributed by atoms with E-state index in [0.717, 1.165) is 56.3 Å². The van der Waals surface area contributed by atoms with Crippen LogP contribution in [0.2, 0.25) is 0 Å². The molecule has 0 spiro atoms. The van der Waals surface area contributed by atoms with Crippen molar-refractivity contribution in [1.29, 1.82) is 0 Å². The van der Waals surface area contributed by atoms with Gasteiger partial charge in [0.05, 0.1) is 12.3 Å². The average Bonchev–Trinajstić information content (AvgIpc) is 2.82. The molecule has 1 fully saturated rings. The molecule has 0 aliphatic carbocycles. The van der Waals surface area contributed by atoms with E-state index in [9.17, 15) is 14.0 Å². The van der Waals surface area contributed by atoms with Crippen molar-refractivity contribution in [2.75, 3.05) is 37.7 Å². The zero-order valence-corrected chi connectivity index (χ0v) is 19.4. The van der Waals surface area contributed by atoms with Gasteiger partial charge in [0.15, 0.2) is 18.1 Å². The molecule has 2 aromatic rings. The fraction of sp³-hybridized carbons (Fsp3) is 0.462. The molecule has 7 heteroatoms. The molecule has 4 rings (SSSR count). The van der Waals surface area contributed by atoms with E-state index >= 15 is 0 Å². The first-order chi connectivity index (χ1) is 16.0. The monoisotopic (exact) mass is 454 g/mol. The van der Waals surface area contributed by atoms with Crippen LogP contribution in [-0.4, -0.2) is 49.6 Å². The van der Waals surface area contributed by atoms with Crippen molar-refractivity contribution >= 4 is 17.5 Å². The Morgan fingerprint density at radius 1 is 0.970 bits per heavy atom. The van der Waals surface area contributed by atoms with Crippen LogP contribution in [0.15, 0.2) is 30.3 Å². The SMILES string of the molecule is CCOc1cc(C(=O)N2CCCc3cc(C)cc(F)c32)ccc1OCC(=O)N1CCCCC1. The van der Waals surface area contributed by atoms with Gasteiger partial charge in [0.25, 0.3) is 11.8 Å². The number of anilines is 1. The second-order valence-electron chi connectivity index (χ2n) is 8.64. The number of carbonyl (C=O) groups is 2. The highest BCUT2D eigenvalue weighted by atomic mass is 19.1. The van der Waals surface area contributed by atoms with Crippen LogP contribution in [0.4, 0.5) is 10.1 Å². The van der Waals surface area contributed by atoms with E-state index in [0.29, 0.717) is 35.9 Å². The molecule has 33 heavy (non-hydrogen) atoms. The number of fused-ring (bicyclic) bond motifs is 1. The van der Waals surface area contributed by atoms with Crippen molar-refractivity contribution in [1.82, 2.24) is 4.90 Å². The van der Waals surface area contributed by atoms with Crippen LogP contribution in [0.5, 0.6) is 11.5 Å². The van der Waals surface area contributed by atoms with Crippen LogP contribution in [0, 0.1) is 12.7 Å². The normalized spacial score (nSPS) is 15.7. The van der Waals surface area contributed by atoms with Gasteiger partial charge in [-0.1, -0.05) is 6.07 Å². The molecule has 0 saturated carbocycles. The number of aryl methyl sites for hydroxylation is 2. The Balaban J connectivity index is 1.53. The summed E-state index contributed by atoms with van der Waals surface area (Å²) in [6, 6.07) is 8.32. The molecule has 2 aromatic carbocycles. The van der Waals surface area contributed by atoms with Crippen molar-refractivity contribution in [3.63, 3.8) is 0 Å². The Labute approximate surface area is 194 Å². The summed E-state index contributed by atoms with van der Waals surface area (Å²) in [5.41, 5.74) is 2.45. The van der Waals surface area contributed by atoms with Crippen molar-refractivity contribution in [2.45, 2.75) is 46.0 Å². The van der Waals surface area contributed by atoms with E-state index in [-0.39, 0.29) is 24.2 Å². The molecule has 0 N–H and O–H groups in total. The molecule has 2 aliphatic rings. The summed E-state index contributed by atoms with van der Waals surface area (Å²) in [4.78, 5) is 29.1. The van der Waals surface area contributed by atoms with Gasteiger partial charge in [-0.3, -0.25) is 9.59 Å². The zero-order valence-electron chi connectivity index (χ0n) is 19.4. The van der Waals surface area contributed by atoms with Gasteiger partial charge in [0, 0.05) is 25.2 Å². The predicted octanol–water partition coefficient (Wildman–Crippen LogP) is 4.52. The largest absolute Gasteiger partial charge is 0.490 e. The fourth-order valence-corrected chi connectivity index (χ4v) is 4.60. The lowest BCUT2D eigenvalue weighted by atomic mass is 9.98. The maximum absolute atomic E-state index is 14.8. The number of benzene rings is 2. The molecule has 2 amide bonds. The molecule has 0 bridgehead atoms. The van der Waals surface area contributed by atoms with Crippen LogP contribution in [0.25, 0.3) is 0 Å². The maximum Gasteiger partial charge on any atom is 0.260 e. The number of rotatable bonds is 6. The van der Waals surface area contributed by atoms with Crippen molar-refractivity contribution in [3.8, 4) is 11.5 Å². The van der Waals surface area contributed by atoms with Crippen molar-refractivity contribution in [2.24, 2.45) is 0 Å². The molecule has 0 radical (unpaired) electrons. The standard InChI is InChI=1S/C26H31FN2O4/c1-3-32-23-16-20(9-10-22(23)33-17-24(30)28-11-5-4-6-12-28)26(31)29-13-7-8-19-14-18(2)15-21(27)25(19)29/h9-10,14-16H,3-8,11-13,17H2,1-2H3. The summed E-state index contributed by atoms with van der Waals surface area (Å²) in [7, 11) is 0. The molecule has 0 unspecified atom stereocenters. The minimum atomic E-state index is -0.376.